The van der Waals surface area contributed by atoms with E-state index in [-0.39, 0.29) is 11.7 Å². The number of nitrogens with zero attached hydrogens (tertiary/aromatic N) is 8. The van der Waals surface area contributed by atoms with Crippen LogP contribution in [0.2, 0.25) is 5.02 Å². The van der Waals surface area contributed by atoms with Crippen LogP contribution in [0.1, 0.15) is 28.4 Å². The van der Waals surface area contributed by atoms with E-state index in [4.69, 9.17) is 11.6 Å². The Morgan fingerprint density at radius 1 is 1.10 bits per heavy atom. The van der Waals surface area contributed by atoms with E-state index in [1.54, 1.807) is 10.7 Å². The van der Waals surface area contributed by atoms with Crippen molar-refractivity contribution in [1.29, 1.82) is 0 Å². The van der Waals surface area contributed by atoms with E-state index in [0.29, 0.717) is 23.9 Å². The van der Waals surface area contributed by atoms with Gasteiger partial charge in [0.25, 0.3) is 11.7 Å². The van der Waals surface area contributed by atoms with Crippen molar-refractivity contribution in [1.82, 2.24) is 38.8 Å². The zero-order valence-corrected chi connectivity index (χ0v) is 17.3. The van der Waals surface area contributed by atoms with Crippen LogP contribution in [-0.4, -0.2) is 70.9 Å². The quantitative estimate of drug-likeness (QED) is 0.500. The first-order valence-electron chi connectivity index (χ1n) is 9.90. The van der Waals surface area contributed by atoms with Crippen LogP contribution in [0.5, 0.6) is 0 Å². The fraction of sp³-hybridized carbons (Fsp3) is 0.350. The summed E-state index contributed by atoms with van der Waals surface area (Å²) in [6.07, 6.45) is 6.42. The average Bonchev–Trinajstić information content (AvgIpc) is 3.26. The van der Waals surface area contributed by atoms with Crippen molar-refractivity contribution in [2.45, 2.75) is 19.9 Å². The van der Waals surface area contributed by atoms with Crippen molar-refractivity contribution >= 4 is 28.9 Å². The van der Waals surface area contributed by atoms with Crippen LogP contribution < -0.4 is 0 Å². The standard InChI is InChI=1S/C20H21ClN8O/c1-14-5-6-22-20-24-18(25-29(14)20)19(30)27-8-2-7-26(9-10-27)12-16-13-28-11-15(21)3-4-17(28)23-16/h3-6,11,13H,2,7-10,12H2,1H3. The summed E-state index contributed by atoms with van der Waals surface area (Å²) in [7, 11) is 0. The summed E-state index contributed by atoms with van der Waals surface area (Å²) in [5, 5.41) is 5.03. The van der Waals surface area contributed by atoms with Gasteiger partial charge >= 0.3 is 0 Å². The van der Waals surface area contributed by atoms with Crippen LogP contribution in [-0.2, 0) is 6.54 Å². The van der Waals surface area contributed by atoms with Crippen molar-refractivity contribution in [2.24, 2.45) is 0 Å². The van der Waals surface area contributed by atoms with Gasteiger partial charge in [0.05, 0.1) is 10.7 Å². The lowest BCUT2D eigenvalue weighted by molar-refractivity contribution is 0.0749. The molecular weight excluding hydrogens is 404 g/mol. The van der Waals surface area contributed by atoms with Gasteiger partial charge in [0.2, 0.25) is 5.82 Å². The van der Waals surface area contributed by atoms with Gasteiger partial charge in [-0.15, -0.1) is 5.10 Å². The van der Waals surface area contributed by atoms with E-state index in [2.05, 4.69) is 25.0 Å². The summed E-state index contributed by atoms with van der Waals surface area (Å²) in [5.41, 5.74) is 2.76. The molecule has 0 radical (unpaired) electrons. The van der Waals surface area contributed by atoms with Gasteiger partial charge in [0.15, 0.2) is 0 Å². The molecule has 0 bridgehead atoms. The number of hydrogen-bond donors (Lipinski definition) is 0. The van der Waals surface area contributed by atoms with Crippen molar-refractivity contribution < 1.29 is 4.79 Å². The highest BCUT2D eigenvalue weighted by atomic mass is 35.5. The molecule has 0 saturated carbocycles. The molecule has 0 atom stereocenters. The number of rotatable bonds is 3. The molecule has 0 unspecified atom stereocenters. The number of pyridine rings is 1. The molecule has 1 aliphatic rings. The monoisotopic (exact) mass is 424 g/mol. The number of hydrogen-bond acceptors (Lipinski definition) is 6. The Hall–Kier alpha value is -3.04. The lowest BCUT2D eigenvalue weighted by atomic mass is 10.3. The largest absolute Gasteiger partial charge is 0.335 e. The molecule has 5 rings (SSSR count). The second-order valence-corrected chi connectivity index (χ2v) is 7.94. The van der Waals surface area contributed by atoms with Crippen LogP contribution in [0, 0.1) is 6.92 Å². The number of imidazole rings is 1. The molecule has 0 aliphatic carbocycles. The molecular formula is C20H21ClN8O. The Morgan fingerprint density at radius 2 is 2.00 bits per heavy atom. The van der Waals surface area contributed by atoms with E-state index in [1.807, 2.05) is 46.8 Å². The zero-order valence-electron chi connectivity index (χ0n) is 16.6. The maximum absolute atomic E-state index is 13.0. The van der Waals surface area contributed by atoms with Gasteiger partial charge in [-0.2, -0.15) is 4.98 Å². The highest BCUT2D eigenvalue weighted by molar-refractivity contribution is 6.30. The first-order chi connectivity index (χ1) is 14.6. The highest BCUT2D eigenvalue weighted by Crippen LogP contribution is 2.15. The van der Waals surface area contributed by atoms with Gasteiger partial charge in [-0.05, 0) is 31.5 Å². The fourth-order valence-corrected chi connectivity index (χ4v) is 3.96. The predicted octanol–water partition coefficient (Wildman–Crippen LogP) is 2.08. The highest BCUT2D eigenvalue weighted by Gasteiger charge is 2.24. The predicted molar refractivity (Wildman–Crippen MR) is 112 cm³/mol. The first kappa shape index (κ1) is 19.0. The fourth-order valence-electron chi connectivity index (χ4n) is 3.79. The molecule has 1 aliphatic heterocycles. The van der Waals surface area contributed by atoms with Crippen LogP contribution in [0.3, 0.4) is 0 Å². The Kier molecular flexibility index (Phi) is 4.84. The SMILES string of the molecule is Cc1ccnc2nc(C(=O)N3CCCN(Cc4cn5cc(Cl)ccc5n4)CC3)nn12. The minimum absolute atomic E-state index is 0.149. The van der Waals surface area contributed by atoms with Crippen LogP contribution >= 0.6 is 11.6 Å². The van der Waals surface area contributed by atoms with Crippen molar-refractivity contribution in [3.8, 4) is 0 Å². The molecule has 0 aromatic carbocycles. The lowest BCUT2D eigenvalue weighted by Crippen LogP contribution is -2.35. The van der Waals surface area contributed by atoms with Gasteiger partial charge in [0, 0.05) is 57.0 Å². The molecule has 9 nitrogen and oxygen atoms in total. The lowest BCUT2D eigenvalue weighted by Gasteiger charge is -2.20. The first-order valence-corrected chi connectivity index (χ1v) is 10.3. The second kappa shape index (κ2) is 7.66. The number of aromatic nitrogens is 6. The molecule has 0 spiro atoms. The van der Waals surface area contributed by atoms with Gasteiger partial charge in [-0.3, -0.25) is 9.69 Å². The van der Waals surface area contributed by atoms with Crippen LogP contribution in [0.25, 0.3) is 11.4 Å². The molecule has 4 aromatic rings. The number of halogens is 1. The number of aryl methyl sites for hydroxylation is 1. The molecule has 30 heavy (non-hydrogen) atoms. The normalized spacial score (nSPS) is 15.7. The van der Waals surface area contributed by atoms with Crippen molar-refractivity contribution in [3.63, 3.8) is 0 Å². The maximum atomic E-state index is 13.0. The molecule has 1 saturated heterocycles. The van der Waals surface area contributed by atoms with Crippen molar-refractivity contribution in [3.05, 3.63) is 59.0 Å². The smallest absolute Gasteiger partial charge is 0.293 e. The van der Waals surface area contributed by atoms with Crippen molar-refractivity contribution in [2.75, 3.05) is 26.2 Å². The van der Waals surface area contributed by atoms with E-state index < -0.39 is 0 Å². The Balaban J connectivity index is 1.27. The third kappa shape index (κ3) is 3.61. The van der Waals surface area contributed by atoms with E-state index in [1.165, 1.54) is 0 Å². The molecule has 1 fully saturated rings. The minimum Gasteiger partial charge on any atom is -0.335 e. The third-order valence-corrected chi connectivity index (χ3v) is 5.57. The molecule has 4 aromatic heterocycles. The molecule has 10 heteroatoms. The minimum atomic E-state index is -0.149. The van der Waals surface area contributed by atoms with Gasteiger partial charge < -0.3 is 9.30 Å². The number of fused-ring (bicyclic) bond motifs is 2. The topological polar surface area (TPSA) is 83.9 Å². The van der Waals surface area contributed by atoms with E-state index in [0.717, 1.165) is 43.1 Å². The second-order valence-electron chi connectivity index (χ2n) is 7.50. The molecule has 0 N–H and O–H groups in total. The maximum Gasteiger partial charge on any atom is 0.293 e. The Bertz CT molecular complexity index is 1230. The molecule has 154 valence electrons. The summed E-state index contributed by atoms with van der Waals surface area (Å²) < 4.78 is 3.55. The number of amides is 1. The van der Waals surface area contributed by atoms with E-state index in [9.17, 15) is 4.79 Å². The van der Waals surface area contributed by atoms with Crippen LogP contribution in [0.15, 0.2) is 36.8 Å². The Labute approximate surface area is 177 Å². The summed E-state index contributed by atoms with van der Waals surface area (Å²) in [6, 6.07) is 5.59. The summed E-state index contributed by atoms with van der Waals surface area (Å²) in [6.45, 7) is 5.62. The van der Waals surface area contributed by atoms with Gasteiger partial charge in [-0.1, -0.05) is 11.6 Å². The van der Waals surface area contributed by atoms with Crippen LogP contribution in [0.4, 0.5) is 0 Å². The summed E-state index contributed by atoms with van der Waals surface area (Å²) >= 11 is 6.06. The van der Waals surface area contributed by atoms with Gasteiger partial charge in [-0.25, -0.2) is 14.5 Å². The van der Waals surface area contributed by atoms with Gasteiger partial charge in [0.1, 0.15) is 5.65 Å². The average molecular weight is 425 g/mol. The zero-order chi connectivity index (χ0) is 20.7. The number of carbonyl (C=O) groups is 1. The van der Waals surface area contributed by atoms with E-state index >= 15 is 0 Å². The summed E-state index contributed by atoms with van der Waals surface area (Å²) in [4.78, 5) is 30.3. The number of carbonyl (C=O) groups excluding carboxylic acids is 1. The molecule has 5 heterocycles. The third-order valence-electron chi connectivity index (χ3n) is 5.35. The molecule has 1 amide bonds. The summed E-state index contributed by atoms with van der Waals surface area (Å²) in [5.74, 6) is 0.494. The Morgan fingerprint density at radius 3 is 2.87 bits per heavy atom.